The first-order chi connectivity index (χ1) is 26.3. The lowest BCUT2D eigenvalue weighted by Gasteiger charge is -2.42. The summed E-state index contributed by atoms with van der Waals surface area (Å²) in [7, 11) is 0. The maximum Gasteiger partial charge on any atom is 0.340 e. The normalized spacial score (nSPS) is 19.1. The summed E-state index contributed by atoms with van der Waals surface area (Å²) in [4.78, 5) is 52.6. The first kappa shape index (κ1) is 39.5. The molecule has 0 aromatic heterocycles. The molecule has 22 nitrogen and oxygen atoms in total. The lowest BCUT2D eigenvalue weighted by atomic mass is 9.98. The van der Waals surface area contributed by atoms with Crippen molar-refractivity contribution >= 4 is 23.9 Å². The number of phenols is 12. The highest BCUT2D eigenvalue weighted by molar-refractivity contribution is 5.93. The second-order valence-electron chi connectivity index (χ2n) is 11.7. The third kappa shape index (κ3) is 7.95. The topological polar surface area (TPSA) is 377 Å². The van der Waals surface area contributed by atoms with Crippen LogP contribution in [0.15, 0.2) is 48.5 Å². The van der Waals surface area contributed by atoms with E-state index in [0.29, 0.717) is 48.5 Å². The largest absolute Gasteiger partial charge is 0.504 e. The average Bonchev–Trinajstić information content (AvgIpc) is 3.14. The monoisotopic (exact) mass is 788 g/mol. The Morgan fingerprint density at radius 2 is 0.732 bits per heavy atom. The molecule has 0 amide bonds. The van der Waals surface area contributed by atoms with Gasteiger partial charge in [0.2, 0.25) is 6.29 Å². The van der Waals surface area contributed by atoms with Gasteiger partial charge in [0, 0.05) is 0 Å². The number of carbonyl (C=O) groups excluding carboxylic acids is 4. The molecule has 0 radical (unpaired) electrons. The number of phenolic OH excluding ortho intramolecular Hbond substituents is 12. The minimum atomic E-state index is -2.40. The number of hydrogen-bond acceptors (Lipinski definition) is 22. The highest BCUT2D eigenvalue weighted by atomic mass is 16.7. The zero-order valence-corrected chi connectivity index (χ0v) is 27.7. The molecular formula is C34H28O22. The molecule has 5 unspecified atom stereocenters. The molecule has 1 heterocycles. The van der Waals surface area contributed by atoms with E-state index >= 15 is 0 Å². The van der Waals surface area contributed by atoms with E-state index in [-0.39, 0.29) is 0 Å². The van der Waals surface area contributed by atoms with Gasteiger partial charge in [-0.15, -0.1) is 0 Å². The highest BCUT2D eigenvalue weighted by Crippen LogP contribution is 2.40. The summed E-state index contributed by atoms with van der Waals surface area (Å²) in [5, 5.41) is 129. The van der Waals surface area contributed by atoms with Gasteiger partial charge in [-0.25, -0.2) is 19.2 Å². The SMILES string of the molecule is O=C(OCC1OC(OC(=O)c2cc(O)c(O)c(O)c2)C(OC(=O)c2cc(O)c(O)c(O)c2)C(O)C1OC(=O)c1cc(O)c(O)c(O)c1)c1cc(O)c(O)c(O)c1. The Bertz CT molecular complexity index is 2140. The number of ether oxygens (including phenoxy) is 5. The maximum atomic E-state index is 13.3. The summed E-state index contributed by atoms with van der Waals surface area (Å²) in [6, 6.07) is 5.06. The lowest BCUT2D eigenvalue weighted by molar-refractivity contribution is -0.283. The second kappa shape index (κ2) is 15.3. The van der Waals surface area contributed by atoms with Crippen molar-refractivity contribution < 1.29 is 109 Å². The Labute approximate surface area is 310 Å². The number of carbonyl (C=O) groups is 4. The number of esters is 4. The average molecular weight is 789 g/mol. The second-order valence-corrected chi connectivity index (χ2v) is 11.7. The third-order valence-corrected chi connectivity index (χ3v) is 7.93. The van der Waals surface area contributed by atoms with Gasteiger partial charge in [-0.05, 0) is 48.5 Å². The van der Waals surface area contributed by atoms with Crippen LogP contribution in [0.3, 0.4) is 0 Å². The molecule has 1 saturated heterocycles. The first-order valence-corrected chi connectivity index (χ1v) is 15.4. The van der Waals surface area contributed by atoms with E-state index in [9.17, 15) is 85.6 Å². The number of aromatic hydroxyl groups is 12. The molecule has 0 bridgehead atoms. The van der Waals surface area contributed by atoms with Crippen molar-refractivity contribution in [2.24, 2.45) is 0 Å². The van der Waals surface area contributed by atoms with Crippen LogP contribution in [0.4, 0.5) is 0 Å². The van der Waals surface area contributed by atoms with Crippen molar-refractivity contribution in [1.29, 1.82) is 0 Å². The van der Waals surface area contributed by atoms with Gasteiger partial charge in [0.05, 0.1) is 22.3 Å². The molecule has 4 aromatic rings. The standard InChI is InChI=1S/C34H28O22/c35-14-1-10(2-15(36)23(14)43)30(48)52-9-22-28(54-31(49)11-3-16(37)24(44)17(38)4-11)27(47)29(55-32(50)12-5-18(39)25(45)19(40)6-12)34(53-22)56-33(51)13-7-20(41)26(46)21(42)8-13/h1-8,22,27-29,34-47H,9H2. The van der Waals surface area contributed by atoms with Gasteiger partial charge in [-0.1, -0.05) is 0 Å². The summed E-state index contributed by atoms with van der Waals surface area (Å²) in [6.07, 6.45) is -11.2. The summed E-state index contributed by atoms with van der Waals surface area (Å²) in [5.74, 6) is -17.9. The number of rotatable bonds is 9. The van der Waals surface area contributed by atoms with Crippen molar-refractivity contribution in [3.63, 3.8) is 0 Å². The Kier molecular flexibility index (Phi) is 10.8. The Balaban J connectivity index is 1.54. The summed E-state index contributed by atoms with van der Waals surface area (Å²) < 4.78 is 26.7. The van der Waals surface area contributed by atoms with Crippen molar-refractivity contribution in [1.82, 2.24) is 0 Å². The molecule has 22 heteroatoms. The molecule has 0 aliphatic carbocycles. The quantitative estimate of drug-likeness (QED) is 0.0630. The Morgan fingerprint density at radius 3 is 1.07 bits per heavy atom. The van der Waals surface area contributed by atoms with Gasteiger partial charge in [0.15, 0.2) is 81.2 Å². The number of aliphatic hydroxyl groups is 1. The fourth-order valence-electron chi connectivity index (χ4n) is 5.08. The van der Waals surface area contributed by atoms with Crippen molar-refractivity contribution in [2.45, 2.75) is 30.7 Å². The van der Waals surface area contributed by atoms with Gasteiger partial charge < -0.3 is 90.1 Å². The molecule has 1 aliphatic rings. The molecule has 5 rings (SSSR count). The van der Waals surface area contributed by atoms with Crippen LogP contribution < -0.4 is 0 Å². The van der Waals surface area contributed by atoms with Crippen molar-refractivity contribution in [3.05, 3.63) is 70.8 Å². The van der Waals surface area contributed by atoms with Crippen LogP contribution in [0.1, 0.15) is 41.4 Å². The fourth-order valence-corrected chi connectivity index (χ4v) is 5.08. The first-order valence-electron chi connectivity index (χ1n) is 15.4. The van der Waals surface area contributed by atoms with Crippen LogP contribution in [0, 0.1) is 0 Å². The number of hydrogen-bond donors (Lipinski definition) is 13. The zero-order valence-electron chi connectivity index (χ0n) is 27.7. The molecular weight excluding hydrogens is 760 g/mol. The van der Waals surface area contributed by atoms with Crippen molar-refractivity contribution in [2.75, 3.05) is 6.61 Å². The highest BCUT2D eigenvalue weighted by Gasteiger charge is 2.52. The number of benzene rings is 4. The molecule has 56 heavy (non-hydrogen) atoms. The van der Waals surface area contributed by atoms with Gasteiger partial charge in [0.1, 0.15) is 18.8 Å². The summed E-state index contributed by atoms with van der Waals surface area (Å²) >= 11 is 0. The number of aliphatic hydroxyl groups excluding tert-OH is 1. The molecule has 1 fully saturated rings. The molecule has 296 valence electrons. The zero-order chi connectivity index (χ0) is 41.3. The van der Waals surface area contributed by atoms with E-state index in [1.165, 1.54) is 0 Å². The fraction of sp³-hybridized carbons (Fsp3) is 0.176. The van der Waals surface area contributed by atoms with E-state index in [0.717, 1.165) is 0 Å². The molecule has 0 spiro atoms. The van der Waals surface area contributed by atoms with E-state index in [4.69, 9.17) is 23.7 Å². The summed E-state index contributed by atoms with van der Waals surface area (Å²) in [6.45, 7) is -1.09. The van der Waals surface area contributed by atoms with Crippen LogP contribution in [0.2, 0.25) is 0 Å². The van der Waals surface area contributed by atoms with Crippen LogP contribution in [0.5, 0.6) is 69.0 Å². The Hall–Kier alpha value is -7.72. The lowest BCUT2D eigenvalue weighted by Crippen LogP contribution is -2.62. The summed E-state index contributed by atoms with van der Waals surface area (Å²) in [5.41, 5.74) is -2.60. The molecule has 13 N–H and O–H groups in total. The van der Waals surface area contributed by atoms with Crippen molar-refractivity contribution in [3.8, 4) is 69.0 Å². The minimum absolute atomic E-state index is 0.570. The van der Waals surface area contributed by atoms with Crippen LogP contribution in [0.25, 0.3) is 0 Å². The van der Waals surface area contributed by atoms with Gasteiger partial charge >= 0.3 is 23.9 Å². The Morgan fingerprint density at radius 1 is 0.446 bits per heavy atom. The van der Waals surface area contributed by atoms with Crippen LogP contribution in [-0.2, 0) is 23.7 Å². The molecule has 1 aliphatic heterocycles. The van der Waals surface area contributed by atoms with Gasteiger partial charge in [0.25, 0.3) is 0 Å². The van der Waals surface area contributed by atoms with E-state index in [1.807, 2.05) is 0 Å². The maximum absolute atomic E-state index is 13.3. The molecule has 0 saturated carbocycles. The minimum Gasteiger partial charge on any atom is -0.504 e. The predicted octanol–water partition coefficient (Wildman–Crippen LogP) is 0.705. The third-order valence-electron chi connectivity index (χ3n) is 7.93. The molecule has 5 atom stereocenters. The van der Waals surface area contributed by atoms with E-state index in [1.54, 1.807) is 0 Å². The van der Waals surface area contributed by atoms with E-state index in [2.05, 4.69) is 0 Å². The predicted molar refractivity (Wildman–Crippen MR) is 175 cm³/mol. The van der Waals surface area contributed by atoms with E-state index < -0.39 is 152 Å². The molecule has 4 aromatic carbocycles. The van der Waals surface area contributed by atoms with Crippen LogP contribution >= 0.6 is 0 Å². The van der Waals surface area contributed by atoms with Gasteiger partial charge in [-0.2, -0.15) is 0 Å². The smallest absolute Gasteiger partial charge is 0.340 e. The van der Waals surface area contributed by atoms with Crippen LogP contribution in [-0.4, -0.2) is 128 Å². The van der Waals surface area contributed by atoms with Gasteiger partial charge in [-0.3, -0.25) is 0 Å².